The summed E-state index contributed by atoms with van der Waals surface area (Å²) in [5, 5.41) is 6.72. The van der Waals surface area contributed by atoms with Crippen molar-refractivity contribution in [2.24, 2.45) is 0 Å². The minimum Gasteiger partial charge on any atom is -0.385 e. The van der Waals surface area contributed by atoms with E-state index in [0.717, 1.165) is 39.2 Å². The summed E-state index contributed by atoms with van der Waals surface area (Å²) in [6, 6.07) is 0.608. The number of ether oxygens (including phenoxy) is 1. The molecule has 1 rings (SSSR count). The summed E-state index contributed by atoms with van der Waals surface area (Å²) in [5.74, 6) is 0. The average Bonchev–Trinajstić information content (AvgIpc) is 2.19. The summed E-state index contributed by atoms with van der Waals surface area (Å²) in [6.45, 7) is 6.53. The number of likely N-dealkylation sites (N-methyl/N-ethyl adjacent to an activating group) is 1. The molecule has 0 spiro atoms. The highest BCUT2D eigenvalue weighted by atomic mass is 16.5. The van der Waals surface area contributed by atoms with Gasteiger partial charge in [-0.2, -0.15) is 0 Å². The predicted octanol–water partition coefficient (Wildman–Crippen LogP) is -0.484. The topological polar surface area (TPSA) is 36.5 Å². The lowest BCUT2D eigenvalue weighted by atomic mass is 10.2. The molecule has 84 valence electrons. The van der Waals surface area contributed by atoms with Crippen LogP contribution in [0.5, 0.6) is 0 Å². The van der Waals surface area contributed by atoms with E-state index in [1.807, 2.05) is 7.05 Å². The van der Waals surface area contributed by atoms with Crippen molar-refractivity contribution in [1.29, 1.82) is 0 Å². The Morgan fingerprint density at radius 1 is 1.57 bits per heavy atom. The average molecular weight is 201 g/mol. The Balaban J connectivity index is 2.12. The normalized spacial score (nSPS) is 24.0. The maximum atomic E-state index is 5.05. The van der Waals surface area contributed by atoms with Gasteiger partial charge in [-0.3, -0.25) is 0 Å². The van der Waals surface area contributed by atoms with E-state index in [-0.39, 0.29) is 0 Å². The fraction of sp³-hybridized carbons (Fsp3) is 1.00. The first-order chi connectivity index (χ1) is 6.86. The van der Waals surface area contributed by atoms with Crippen LogP contribution in [0.15, 0.2) is 0 Å². The number of piperazine rings is 1. The van der Waals surface area contributed by atoms with Crippen molar-refractivity contribution < 1.29 is 4.74 Å². The largest absolute Gasteiger partial charge is 0.385 e. The summed E-state index contributed by atoms with van der Waals surface area (Å²) in [7, 11) is 3.77. The third-order valence-electron chi connectivity index (χ3n) is 2.61. The molecule has 1 saturated heterocycles. The van der Waals surface area contributed by atoms with Crippen molar-refractivity contribution >= 4 is 0 Å². The Morgan fingerprint density at radius 3 is 3.14 bits per heavy atom. The van der Waals surface area contributed by atoms with Gasteiger partial charge in [0.1, 0.15) is 0 Å². The van der Waals surface area contributed by atoms with E-state index in [1.165, 1.54) is 6.54 Å². The SMILES string of the molecule is CNCC1CN(CCCOC)CCN1. The number of methoxy groups -OCH3 is 1. The van der Waals surface area contributed by atoms with Crippen molar-refractivity contribution in [1.82, 2.24) is 15.5 Å². The molecule has 1 atom stereocenters. The molecule has 0 aliphatic carbocycles. The molecule has 1 aliphatic heterocycles. The molecule has 14 heavy (non-hydrogen) atoms. The Kier molecular flexibility index (Phi) is 6.10. The molecule has 0 aromatic carbocycles. The fourth-order valence-electron chi connectivity index (χ4n) is 1.91. The maximum absolute atomic E-state index is 5.05. The van der Waals surface area contributed by atoms with Crippen LogP contribution in [0.2, 0.25) is 0 Å². The summed E-state index contributed by atoms with van der Waals surface area (Å²) in [6.07, 6.45) is 1.14. The molecule has 4 nitrogen and oxygen atoms in total. The van der Waals surface area contributed by atoms with Gasteiger partial charge in [0, 0.05) is 52.5 Å². The monoisotopic (exact) mass is 201 g/mol. The van der Waals surface area contributed by atoms with Gasteiger partial charge < -0.3 is 20.3 Å². The zero-order valence-electron chi connectivity index (χ0n) is 9.38. The van der Waals surface area contributed by atoms with Gasteiger partial charge in [-0.15, -0.1) is 0 Å². The first-order valence-corrected chi connectivity index (χ1v) is 5.46. The molecular formula is C10H23N3O. The first-order valence-electron chi connectivity index (χ1n) is 5.46. The standard InChI is InChI=1S/C10H23N3O/c1-11-8-10-9-13(6-4-12-10)5-3-7-14-2/h10-12H,3-9H2,1-2H3. The molecule has 0 saturated carbocycles. The van der Waals surface area contributed by atoms with E-state index in [4.69, 9.17) is 4.74 Å². The van der Waals surface area contributed by atoms with Crippen molar-refractivity contribution in [3.8, 4) is 0 Å². The summed E-state index contributed by atoms with van der Waals surface area (Å²) in [4.78, 5) is 2.51. The van der Waals surface area contributed by atoms with Crippen LogP contribution < -0.4 is 10.6 Å². The predicted molar refractivity (Wildman–Crippen MR) is 58.7 cm³/mol. The third-order valence-corrected chi connectivity index (χ3v) is 2.61. The second-order valence-electron chi connectivity index (χ2n) is 3.86. The molecule has 0 amide bonds. The molecular weight excluding hydrogens is 178 g/mol. The van der Waals surface area contributed by atoms with Gasteiger partial charge in [-0.25, -0.2) is 0 Å². The highest BCUT2D eigenvalue weighted by Crippen LogP contribution is 1.99. The Morgan fingerprint density at radius 2 is 2.43 bits per heavy atom. The molecule has 1 fully saturated rings. The van der Waals surface area contributed by atoms with Crippen molar-refractivity contribution in [2.75, 3.05) is 53.5 Å². The van der Waals surface area contributed by atoms with Crippen molar-refractivity contribution in [3.05, 3.63) is 0 Å². The smallest absolute Gasteiger partial charge is 0.0474 e. The van der Waals surface area contributed by atoms with E-state index in [9.17, 15) is 0 Å². The zero-order valence-corrected chi connectivity index (χ0v) is 9.38. The van der Waals surface area contributed by atoms with Gasteiger partial charge in [0.05, 0.1) is 0 Å². The summed E-state index contributed by atoms with van der Waals surface area (Å²) < 4.78 is 5.05. The van der Waals surface area contributed by atoms with Gasteiger partial charge in [-0.1, -0.05) is 0 Å². The number of hydrogen-bond donors (Lipinski definition) is 2. The highest BCUT2D eigenvalue weighted by Gasteiger charge is 2.17. The van der Waals surface area contributed by atoms with Crippen LogP contribution in [-0.4, -0.2) is 64.4 Å². The number of nitrogens with zero attached hydrogens (tertiary/aromatic N) is 1. The Labute approximate surface area is 87.0 Å². The quantitative estimate of drug-likeness (QED) is 0.569. The Hall–Kier alpha value is -0.160. The zero-order chi connectivity index (χ0) is 10.2. The molecule has 1 heterocycles. The van der Waals surface area contributed by atoms with Crippen LogP contribution in [0.4, 0.5) is 0 Å². The van der Waals surface area contributed by atoms with E-state index in [1.54, 1.807) is 7.11 Å². The molecule has 0 aromatic heterocycles. The summed E-state index contributed by atoms with van der Waals surface area (Å²) in [5.41, 5.74) is 0. The van der Waals surface area contributed by atoms with Gasteiger partial charge in [0.2, 0.25) is 0 Å². The second kappa shape index (κ2) is 7.17. The number of nitrogens with one attached hydrogen (secondary N) is 2. The van der Waals surface area contributed by atoms with Crippen molar-refractivity contribution in [3.63, 3.8) is 0 Å². The van der Waals surface area contributed by atoms with E-state index < -0.39 is 0 Å². The van der Waals surface area contributed by atoms with Crippen LogP contribution in [-0.2, 0) is 4.74 Å². The number of hydrogen-bond acceptors (Lipinski definition) is 4. The van der Waals surface area contributed by atoms with Crippen LogP contribution in [0, 0.1) is 0 Å². The fourth-order valence-corrected chi connectivity index (χ4v) is 1.91. The Bertz CT molecular complexity index is 141. The van der Waals surface area contributed by atoms with Gasteiger partial charge in [-0.05, 0) is 13.5 Å². The van der Waals surface area contributed by atoms with Gasteiger partial charge in [0.15, 0.2) is 0 Å². The minimum absolute atomic E-state index is 0.608. The van der Waals surface area contributed by atoms with Crippen LogP contribution >= 0.6 is 0 Å². The van der Waals surface area contributed by atoms with Crippen molar-refractivity contribution in [2.45, 2.75) is 12.5 Å². The molecule has 0 bridgehead atoms. The lowest BCUT2D eigenvalue weighted by Crippen LogP contribution is -2.54. The molecule has 0 radical (unpaired) electrons. The highest BCUT2D eigenvalue weighted by molar-refractivity contribution is 4.79. The van der Waals surface area contributed by atoms with E-state index in [2.05, 4.69) is 15.5 Å². The van der Waals surface area contributed by atoms with Crippen LogP contribution in [0.1, 0.15) is 6.42 Å². The lowest BCUT2D eigenvalue weighted by Gasteiger charge is -2.33. The second-order valence-corrected chi connectivity index (χ2v) is 3.86. The lowest BCUT2D eigenvalue weighted by molar-refractivity contribution is 0.153. The minimum atomic E-state index is 0.608. The first kappa shape index (κ1) is 11.9. The van der Waals surface area contributed by atoms with Crippen LogP contribution in [0.3, 0.4) is 0 Å². The molecule has 2 N–H and O–H groups in total. The molecule has 4 heteroatoms. The van der Waals surface area contributed by atoms with Gasteiger partial charge in [0.25, 0.3) is 0 Å². The summed E-state index contributed by atoms with van der Waals surface area (Å²) >= 11 is 0. The van der Waals surface area contributed by atoms with Gasteiger partial charge >= 0.3 is 0 Å². The maximum Gasteiger partial charge on any atom is 0.0474 e. The van der Waals surface area contributed by atoms with E-state index in [0.29, 0.717) is 6.04 Å². The molecule has 1 aliphatic rings. The molecule has 0 aromatic rings. The van der Waals surface area contributed by atoms with E-state index >= 15 is 0 Å². The number of rotatable bonds is 6. The van der Waals surface area contributed by atoms with Crippen LogP contribution in [0.25, 0.3) is 0 Å². The third kappa shape index (κ3) is 4.37. The molecule has 1 unspecified atom stereocenters.